The van der Waals surface area contributed by atoms with Crippen molar-refractivity contribution in [3.8, 4) is 0 Å². The number of carbonyl (C=O) groups excluding carboxylic acids is 2. The van der Waals surface area contributed by atoms with Crippen LogP contribution < -0.4 is 5.32 Å². The van der Waals surface area contributed by atoms with Crippen LogP contribution in [0.2, 0.25) is 0 Å². The summed E-state index contributed by atoms with van der Waals surface area (Å²) in [4.78, 5) is 24.0. The number of ether oxygens (including phenoxy) is 2. The molecule has 1 aliphatic heterocycles. The van der Waals surface area contributed by atoms with Gasteiger partial charge in [0, 0.05) is 13.0 Å². The minimum Gasteiger partial charge on any atom is -0.483 e. The van der Waals surface area contributed by atoms with Crippen LogP contribution in [0.4, 0.5) is 0 Å². The molecule has 0 atom stereocenters. The molecule has 5 nitrogen and oxygen atoms in total. The van der Waals surface area contributed by atoms with Crippen molar-refractivity contribution in [3.05, 3.63) is 46.7 Å². The van der Waals surface area contributed by atoms with Crippen molar-refractivity contribution in [3.63, 3.8) is 0 Å². The molecule has 130 valence electrons. The van der Waals surface area contributed by atoms with E-state index in [0.29, 0.717) is 18.5 Å². The Morgan fingerprint density at radius 2 is 1.88 bits per heavy atom. The van der Waals surface area contributed by atoms with E-state index in [4.69, 9.17) is 9.47 Å². The van der Waals surface area contributed by atoms with Gasteiger partial charge in [-0.25, -0.2) is 4.79 Å². The fourth-order valence-corrected chi connectivity index (χ4v) is 2.45. The summed E-state index contributed by atoms with van der Waals surface area (Å²) in [6.45, 7) is 9.12. The van der Waals surface area contributed by atoms with Crippen molar-refractivity contribution in [2.45, 2.75) is 46.1 Å². The van der Waals surface area contributed by atoms with E-state index >= 15 is 0 Å². The number of hydrogen-bond donors (Lipinski definition) is 1. The number of nitrogens with one attached hydrogen (secondary N) is 1. The zero-order chi connectivity index (χ0) is 17.7. The Hall–Kier alpha value is -2.30. The van der Waals surface area contributed by atoms with Crippen LogP contribution in [0, 0.1) is 0 Å². The smallest absolute Gasteiger partial charge is 0.338 e. The van der Waals surface area contributed by atoms with Gasteiger partial charge in [-0.05, 0) is 23.5 Å². The first-order chi connectivity index (χ1) is 11.3. The lowest BCUT2D eigenvalue weighted by atomic mass is 9.87. The van der Waals surface area contributed by atoms with Crippen LogP contribution in [-0.4, -0.2) is 25.0 Å². The van der Waals surface area contributed by atoms with Crippen LogP contribution in [0.3, 0.4) is 0 Å². The Labute approximate surface area is 143 Å². The van der Waals surface area contributed by atoms with Gasteiger partial charge >= 0.3 is 5.97 Å². The Bertz CT molecular complexity index is 638. The van der Waals surface area contributed by atoms with Gasteiger partial charge < -0.3 is 14.8 Å². The van der Waals surface area contributed by atoms with Crippen LogP contribution in [-0.2, 0) is 31.1 Å². The van der Waals surface area contributed by atoms with Crippen LogP contribution >= 0.6 is 0 Å². The maximum atomic E-state index is 12.0. The highest BCUT2D eigenvalue weighted by Crippen LogP contribution is 2.23. The van der Waals surface area contributed by atoms with Gasteiger partial charge in [0.25, 0.3) is 5.91 Å². The largest absolute Gasteiger partial charge is 0.483 e. The van der Waals surface area contributed by atoms with Crippen LogP contribution in [0.15, 0.2) is 35.6 Å². The van der Waals surface area contributed by atoms with E-state index in [1.54, 1.807) is 6.92 Å². The monoisotopic (exact) mass is 331 g/mol. The van der Waals surface area contributed by atoms with E-state index in [-0.39, 0.29) is 30.3 Å². The number of amides is 1. The van der Waals surface area contributed by atoms with Crippen molar-refractivity contribution in [1.29, 1.82) is 0 Å². The summed E-state index contributed by atoms with van der Waals surface area (Å²) in [5, 5.41) is 2.69. The summed E-state index contributed by atoms with van der Waals surface area (Å²) in [7, 11) is 0. The van der Waals surface area contributed by atoms with Gasteiger partial charge in [-0.3, -0.25) is 4.79 Å². The highest BCUT2D eigenvalue weighted by Gasteiger charge is 2.27. The molecule has 1 amide bonds. The predicted molar refractivity (Wildman–Crippen MR) is 91.2 cm³/mol. The second-order valence-electron chi connectivity index (χ2n) is 6.77. The third kappa shape index (κ3) is 4.37. The van der Waals surface area contributed by atoms with Gasteiger partial charge in [-0.1, -0.05) is 45.0 Å². The molecule has 1 N–H and O–H groups in total. The molecule has 24 heavy (non-hydrogen) atoms. The molecule has 0 saturated carbocycles. The van der Waals surface area contributed by atoms with Crippen molar-refractivity contribution < 1.29 is 19.1 Å². The van der Waals surface area contributed by atoms with E-state index in [9.17, 15) is 9.59 Å². The topological polar surface area (TPSA) is 64.6 Å². The number of benzene rings is 1. The summed E-state index contributed by atoms with van der Waals surface area (Å²) >= 11 is 0. The molecule has 0 saturated heterocycles. The molecule has 0 aliphatic carbocycles. The normalized spacial score (nSPS) is 15.1. The van der Waals surface area contributed by atoms with Gasteiger partial charge in [-0.2, -0.15) is 0 Å². The highest BCUT2D eigenvalue weighted by atomic mass is 16.5. The van der Waals surface area contributed by atoms with Crippen LogP contribution in [0.1, 0.15) is 45.2 Å². The molecule has 1 aliphatic rings. The second-order valence-corrected chi connectivity index (χ2v) is 6.77. The summed E-state index contributed by atoms with van der Waals surface area (Å²) in [5.74, 6) is -0.777. The third-order valence-corrected chi connectivity index (χ3v) is 3.87. The number of rotatable bonds is 5. The number of hydrogen-bond acceptors (Lipinski definition) is 4. The summed E-state index contributed by atoms with van der Waals surface area (Å²) in [6.07, 6.45) is 0.420. The quantitative estimate of drug-likeness (QED) is 0.843. The van der Waals surface area contributed by atoms with Gasteiger partial charge in [0.1, 0.15) is 6.61 Å². The lowest BCUT2D eigenvalue weighted by Crippen LogP contribution is -2.35. The first-order valence-corrected chi connectivity index (χ1v) is 8.23. The van der Waals surface area contributed by atoms with Crippen molar-refractivity contribution in [2.75, 3.05) is 13.2 Å². The van der Waals surface area contributed by atoms with Crippen LogP contribution in [0.25, 0.3) is 0 Å². The lowest BCUT2D eigenvalue weighted by Gasteiger charge is -2.21. The van der Waals surface area contributed by atoms with Gasteiger partial charge in [0.2, 0.25) is 0 Å². The van der Waals surface area contributed by atoms with Gasteiger partial charge in [0.15, 0.2) is 5.76 Å². The first kappa shape index (κ1) is 18.0. The lowest BCUT2D eigenvalue weighted by molar-refractivity contribution is -0.140. The molecule has 1 heterocycles. The van der Waals surface area contributed by atoms with E-state index in [2.05, 4.69) is 38.2 Å². The molecule has 0 bridgehead atoms. The molecule has 0 unspecified atom stereocenters. The first-order valence-electron chi connectivity index (χ1n) is 8.23. The average Bonchev–Trinajstić information content (AvgIpc) is 2.53. The minimum absolute atomic E-state index is 0.0691. The van der Waals surface area contributed by atoms with Gasteiger partial charge in [-0.15, -0.1) is 0 Å². The molecule has 0 fully saturated rings. The summed E-state index contributed by atoms with van der Waals surface area (Å²) in [5.41, 5.74) is 2.57. The fourth-order valence-electron chi connectivity index (χ4n) is 2.45. The maximum Gasteiger partial charge on any atom is 0.338 e. The van der Waals surface area contributed by atoms with E-state index < -0.39 is 5.97 Å². The Kier molecular flexibility index (Phi) is 5.65. The van der Waals surface area contributed by atoms with Gasteiger partial charge in [0.05, 0.1) is 12.2 Å². The molecule has 5 heteroatoms. The number of carbonyl (C=O) groups is 2. The zero-order valence-electron chi connectivity index (χ0n) is 14.8. The summed E-state index contributed by atoms with van der Waals surface area (Å²) < 4.78 is 10.7. The van der Waals surface area contributed by atoms with Crippen molar-refractivity contribution in [1.82, 2.24) is 5.32 Å². The Morgan fingerprint density at radius 3 is 2.46 bits per heavy atom. The molecular formula is C19H25NO4. The second kappa shape index (κ2) is 7.51. The highest BCUT2D eigenvalue weighted by molar-refractivity contribution is 6.02. The molecule has 1 aromatic rings. The Balaban J connectivity index is 2.12. The van der Waals surface area contributed by atoms with Crippen molar-refractivity contribution >= 4 is 11.9 Å². The molecule has 0 spiro atoms. The van der Waals surface area contributed by atoms with E-state index in [1.165, 1.54) is 5.56 Å². The average molecular weight is 331 g/mol. The zero-order valence-corrected chi connectivity index (χ0v) is 14.8. The SMILES string of the molecule is CCOC(=O)C1=C(OCc2ccc(C(C)(C)C)cc2)C(=O)NCC1. The third-order valence-electron chi connectivity index (χ3n) is 3.87. The standard InChI is InChI=1S/C19H25NO4/c1-5-23-18(22)15-10-11-20-17(21)16(15)24-12-13-6-8-14(9-7-13)19(2,3)4/h6-9H,5,10-12H2,1-4H3,(H,20,21). The molecule has 2 rings (SSSR count). The van der Waals surface area contributed by atoms with E-state index in [0.717, 1.165) is 5.56 Å². The van der Waals surface area contributed by atoms with Crippen molar-refractivity contribution in [2.24, 2.45) is 0 Å². The fraction of sp³-hybridized carbons (Fsp3) is 0.474. The maximum absolute atomic E-state index is 12.0. The Morgan fingerprint density at radius 1 is 1.21 bits per heavy atom. The van der Waals surface area contributed by atoms with E-state index in [1.807, 2.05) is 12.1 Å². The van der Waals surface area contributed by atoms with Crippen LogP contribution in [0.5, 0.6) is 0 Å². The number of esters is 1. The molecule has 0 aromatic heterocycles. The summed E-state index contributed by atoms with van der Waals surface area (Å²) in [6, 6.07) is 8.07. The molecule has 1 aromatic carbocycles. The molecular weight excluding hydrogens is 306 g/mol. The predicted octanol–water partition coefficient (Wildman–Crippen LogP) is 2.84. The minimum atomic E-state index is -0.481. The molecule has 0 radical (unpaired) electrons.